The molecule has 1 N–H and O–H groups in total. The number of hydrogen-bond donors (Lipinski definition) is 1. The Hall–Kier alpha value is -1.29. The van der Waals surface area contributed by atoms with E-state index in [-0.39, 0.29) is 0 Å². The van der Waals surface area contributed by atoms with Gasteiger partial charge in [0.15, 0.2) is 0 Å². The predicted molar refractivity (Wildman–Crippen MR) is 43.7 cm³/mol. The fraction of sp³-hybridized carbons (Fsp3) is 0.375. The minimum Gasteiger partial charge on any atom is -0.445 e. The van der Waals surface area contributed by atoms with Crippen molar-refractivity contribution in [2.45, 2.75) is 13.1 Å². The van der Waals surface area contributed by atoms with Crippen LogP contribution in [0.25, 0.3) is 11.2 Å². The first kappa shape index (κ1) is 6.25. The topological polar surface area (TPSA) is 43.0 Å². The van der Waals surface area contributed by atoms with Crippen LogP contribution in [0.4, 0.5) is 0 Å². The maximum atomic E-state index is 5.21. The molecule has 0 atom stereocenters. The maximum Gasteiger partial charge on any atom is 0.244 e. The second-order valence-electron chi connectivity index (χ2n) is 2.97. The smallest absolute Gasteiger partial charge is 0.244 e. The van der Waals surface area contributed by atoms with Gasteiger partial charge in [-0.25, -0.2) is 0 Å². The van der Waals surface area contributed by atoms with Crippen LogP contribution in [0.1, 0.15) is 5.82 Å². The van der Waals surface area contributed by atoms with Crippen LogP contribution in [0.3, 0.4) is 0 Å². The van der Waals surface area contributed by atoms with Gasteiger partial charge >= 0.3 is 0 Å². The number of nitrogens with one attached hydrogen (secondary N) is 1. The van der Waals surface area contributed by atoms with Gasteiger partial charge in [0, 0.05) is 19.2 Å². The Balaban J connectivity index is 2.34. The second-order valence-corrected chi connectivity index (χ2v) is 2.97. The lowest BCUT2D eigenvalue weighted by atomic mass is 10.4. The Morgan fingerprint density at radius 3 is 3.58 bits per heavy atom. The summed E-state index contributed by atoms with van der Waals surface area (Å²) in [6.45, 7) is 2.86. The molecule has 0 spiro atoms. The van der Waals surface area contributed by atoms with Crippen LogP contribution < -0.4 is 5.32 Å². The molecule has 0 saturated heterocycles. The minimum absolute atomic E-state index is 0.758. The van der Waals surface area contributed by atoms with Crippen molar-refractivity contribution in [1.29, 1.82) is 0 Å². The number of fused-ring (bicyclic) bond motifs is 3. The molecule has 0 fully saturated rings. The molecule has 0 aliphatic carbocycles. The summed E-state index contributed by atoms with van der Waals surface area (Å²) in [5.74, 6) is 1.08. The van der Waals surface area contributed by atoms with Crippen molar-refractivity contribution >= 4 is 11.2 Å². The molecule has 62 valence electrons. The number of hydrogen-bond acceptors (Lipinski definition) is 3. The average molecular weight is 163 g/mol. The van der Waals surface area contributed by atoms with Gasteiger partial charge in [-0.3, -0.25) is 0 Å². The molecule has 0 amide bonds. The maximum absolute atomic E-state index is 5.21. The van der Waals surface area contributed by atoms with E-state index >= 15 is 0 Å². The van der Waals surface area contributed by atoms with E-state index in [1.807, 2.05) is 6.07 Å². The first-order valence-corrected chi connectivity index (χ1v) is 4.08. The fourth-order valence-corrected chi connectivity index (χ4v) is 1.68. The van der Waals surface area contributed by atoms with Gasteiger partial charge in [-0.15, -0.1) is 0 Å². The molecule has 0 unspecified atom stereocenters. The molecule has 3 heterocycles. The van der Waals surface area contributed by atoms with Crippen molar-refractivity contribution in [3.63, 3.8) is 0 Å². The molecule has 2 aromatic heterocycles. The lowest BCUT2D eigenvalue weighted by molar-refractivity contribution is 0.512. The lowest BCUT2D eigenvalue weighted by Crippen LogP contribution is -2.28. The third kappa shape index (κ3) is 0.674. The summed E-state index contributed by atoms with van der Waals surface area (Å²) < 4.78 is 7.41. The van der Waals surface area contributed by atoms with Crippen molar-refractivity contribution in [1.82, 2.24) is 14.9 Å². The number of rotatable bonds is 0. The Kier molecular flexibility index (Phi) is 1.10. The van der Waals surface area contributed by atoms with Crippen LogP contribution >= 0.6 is 0 Å². The van der Waals surface area contributed by atoms with Gasteiger partial charge in [0.05, 0.1) is 12.8 Å². The lowest BCUT2D eigenvalue weighted by Gasteiger charge is -2.14. The number of aromatic nitrogens is 2. The number of imidazole rings is 1. The predicted octanol–water partition coefficient (Wildman–Crippen LogP) is 0.732. The average Bonchev–Trinajstić information content (AvgIpc) is 2.62. The largest absolute Gasteiger partial charge is 0.445 e. The highest BCUT2D eigenvalue weighted by Crippen LogP contribution is 2.18. The van der Waals surface area contributed by atoms with Gasteiger partial charge in [-0.2, -0.15) is 4.98 Å². The van der Waals surface area contributed by atoms with Crippen LogP contribution in [-0.4, -0.2) is 16.1 Å². The van der Waals surface area contributed by atoms with Crippen molar-refractivity contribution in [3.05, 3.63) is 18.2 Å². The molecule has 1 aliphatic heterocycles. The minimum atomic E-state index is 0.758. The molecule has 3 rings (SSSR count). The standard InChI is InChI=1S/C8H9N3O/c1-4-12-8-6(1)11-3-2-9-5-7(11)10-8/h1,4,9H,2-3,5H2. The SMILES string of the molecule is c1cc2c(nc3n2CCNC3)o1. The van der Waals surface area contributed by atoms with Gasteiger partial charge in [-0.1, -0.05) is 0 Å². The van der Waals surface area contributed by atoms with Gasteiger partial charge in [-0.05, 0) is 0 Å². The summed E-state index contributed by atoms with van der Waals surface area (Å²) in [6, 6.07) is 1.97. The van der Waals surface area contributed by atoms with E-state index in [0.29, 0.717) is 0 Å². The molecule has 0 radical (unpaired) electrons. The zero-order valence-corrected chi connectivity index (χ0v) is 6.58. The summed E-state index contributed by atoms with van der Waals surface area (Å²) in [4.78, 5) is 4.35. The highest BCUT2D eigenvalue weighted by atomic mass is 16.3. The van der Waals surface area contributed by atoms with E-state index in [9.17, 15) is 0 Å². The van der Waals surface area contributed by atoms with Crippen molar-refractivity contribution < 1.29 is 4.42 Å². The van der Waals surface area contributed by atoms with Gasteiger partial charge in [0.25, 0.3) is 0 Å². The molecule has 4 heteroatoms. The molecule has 1 aliphatic rings. The van der Waals surface area contributed by atoms with E-state index in [1.54, 1.807) is 6.26 Å². The van der Waals surface area contributed by atoms with E-state index in [2.05, 4.69) is 14.9 Å². The first-order chi connectivity index (χ1) is 5.95. The second kappa shape index (κ2) is 2.10. The summed E-state index contributed by atoms with van der Waals surface area (Å²) in [6.07, 6.45) is 1.69. The normalized spacial score (nSPS) is 16.7. The van der Waals surface area contributed by atoms with Crippen molar-refractivity contribution in [3.8, 4) is 0 Å². The van der Waals surface area contributed by atoms with Crippen LogP contribution in [0.2, 0.25) is 0 Å². The van der Waals surface area contributed by atoms with E-state index in [4.69, 9.17) is 4.42 Å². The highest BCUT2D eigenvalue weighted by molar-refractivity contribution is 5.69. The molecule has 12 heavy (non-hydrogen) atoms. The van der Waals surface area contributed by atoms with Crippen LogP contribution in [0, 0.1) is 0 Å². The Bertz CT molecular complexity index is 415. The van der Waals surface area contributed by atoms with E-state index in [1.165, 1.54) is 0 Å². The van der Waals surface area contributed by atoms with Crippen molar-refractivity contribution in [2.24, 2.45) is 0 Å². The first-order valence-electron chi connectivity index (χ1n) is 4.08. The Morgan fingerprint density at radius 1 is 1.58 bits per heavy atom. The zero-order chi connectivity index (χ0) is 7.97. The molecule has 2 aromatic rings. The number of furan rings is 1. The van der Waals surface area contributed by atoms with Gasteiger partial charge < -0.3 is 14.3 Å². The van der Waals surface area contributed by atoms with E-state index in [0.717, 1.165) is 36.7 Å². The summed E-state index contributed by atoms with van der Waals surface area (Å²) in [5.41, 5.74) is 1.88. The summed E-state index contributed by atoms with van der Waals surface area (Å²) >= 11 is 0. The zero-order valence-electron chi connectivity index (χ0n) is 6.58. The summed E-state index contributed by atoms with van der Waals surface area (Å²) in [5, 5.41) is 3.27. The quantitative estimate of drug-likeness (QED) is 0.622. The van der Waals surface area contributed by atoms with Crippen LogP contribution in [0.15, 0.2) is 16.7 Å². The monoisotopic (exact) mass is 163 g/mol. The molecular weight excluding hydrogens is 154 g/mol. The van der Waals surface area contributed by atoms with Crippen LogP contribution in [-0.2, 0) is 13.1 Å². The van der Waals surface area contributed by atoms with Crippen molar-refractivity contribution in [2.75, 3.05) is 6.54 Å². The molecule has 0 bridgehead atoms. The van der Waals surface area contributed by atoms with Gasteiger partial charge in [0.1, 0.15) is 11.3 Å². The number of nitrogens with zero attached hydrogens (tertiary/aromatic N) is 2. The summed E-state index contributed by atoms with van der Waals surface area (Å²) in [7, 11) is 0. The third-order valence-electron chi connectivity index (χ3n) is 2.25. The Labute approximate surface area is 69.2 Å². The highest BCUT2D eigenvalue weighted by Gasteiger charge is 2.14. The molecule has 4 nitrogen and oxygen atoms in total. The molecule has 0 saturated carbocycles. The molecule has 0 aromatic carbocycles. The fourth-order valence-electron chi connectivity index (χ4n) is 1.68. The van der Waals surface area contributed by atoms with Gasteiger partial charge in [0.2, 0.25) is 5.71 Å². The molecular formula is C8H9N3O. The van der Waals surface area contributed by atoms with Crippen LogP contribution in [0.5, 0.6) is 0 Å². The third-order valence-corrected chi connectivity index (χ3v) is 2.25. The van der Waals surface area contributed by atoms with E-state index < -0.39 is 0 Å². The Morgan fingerprint density at radius 2 is 2.58 bits per heavy atom.